The van der Waals surface area contributed by atoms with Gasteiger partial charge in [0.25, 0.3) is 0 Å². The van der Waals surface area contributed by atoms with Crippen molar-refractivity contribution in [3.8, 4) is 10.6 Å². The van der Waals surface area contributed by atoms with E-state index in [2.05, 4.69) is 15.0 Å². The third-order valence-electron chi connectivity index (χ3n) is 3.40. The van der Waals surface area contributed by atoms with E-state index in [-0.39, 0.29) is 6.04 Å². The molecule has 0 bridgehead atoms. The van der Waals surface area contributed by atoms with Gasteiger partial charge in [-0.1, -0.05) is 0 Å². The Hall–Kier alpha value is -0.800. The van der Waals surface area contributed by atoms with E-state index in [0.29, 0.717) is 10.8 Å². The van der Waals surface area contributed by atoms with Crippen molar-refractivity contribution in [2.75, 3.05) is 13.1 Å². The van der Waals surface area contributed by atoms with E-state index in [0.717, 1.165) is 35.0 Å². The summed E-state index contributed by atoms with van der Waals surface area (Å²) in [6.07, 6.45) is 2.13. The Morgan fingerprint density at radius 3 is 3.00 bits per heavy atom. The van der Waals surface area contributed by atoms with Gasteiger partial charge in [-0.15, -0.1) is 22.7 Å². The predicted octanol–water partition coefficient (Wildman–Crippen LogP) is 2.21. The minimum Gasteiger partial charge on any atom is -0.313 e. The van der Waals surface area contributed by atoms with Gasteiger partial charge in [0, 0.05) is 18.0 Å². The molecule has 114 valence electrons. The van der Waals surface area contributed by atoms with Crippen molar-refractivity contribution in [2.45, 2.75) is 30.0 Å². The Morgan fingerprint density at radius 1 is 1.48 bits per heavy atom. The zero-order valence-electron chi connectivity index (χ0n) is 11.6. The van der Waals surface area contributed by atoms with Crippen LogP contribution >= 0.6 is 22.7 Å². The molecule has 3 heterocycles. The van der Waals surface area contributed by atoms with E-state index >= 15 is 0 Å². The van der Waals surface area contributed by atoms with E-state index in [1.165, 1.54) is 11.3 Å². The Morgan fingerprint density at radius 2 is 2.33 bits per heavy atom. The lowest BCUT2D eigenvalue weighted by Gasteiger charge is -2.10. The highest BCUT2D eigenvalue weighted by atomic mass is 32.2. The number of hydrogen-bond donors (Lipinski definition) is 2. The monoisotopic (exact) mass is 343 g/mol. The number of thiazole rings is 1. The molecule has 0 radical (unpaired) electrons. The molecule has 8 heteroatoms. The summed E-state index contributed by atoms with van der Waals surface area (Å²) in [6.45, 7) is 3.36. The van der Waals surface area contributed by atoms with Crippen LogP contribution in [-0.2, 0) is 10.0 Å². The average molecular weight is 343 g/mol. The average Bonchev–Trinajstić information content (AvgIpc) is 3.17. The number of nitrogens with one attached hydrogen (secondary N) is 2. The van der Waals surface area contributed by atoms with E-state index in [9.17, 15) is 8.42 Å². The zero-order valence-corrected chi connectivity index (χ0v) is 14.1. The van der Waals surface area contributed by atoms with Crippen LogP contribution < -0.4 is 10.0 Å². The molecule has 0 spiro atoms. The van der Waals surface area contributed by atoms with Gasteiger partial charge in [0.1, 0.15) is 4.21 Å². The topological polar surface area (TPSA) is 71.1 Å². The minimum absolute atomic E-state index is 0.250. The number of sulfonamides is 1. The van der Waals surface area contributed by atoms with Crippen LogP contribution in [0.3, 0.4) is 0 Å². The summed E-state index contributed by atoms with van der Waals surface area (Å²) in [5.74, 6) is 0. The fraction of sp³-hybridized carbons (Fsp3) is 0.462. The molecule has 0 amide bonds. The van der Waals surface area contributed by atoms with Gasteiger partial charge in [-0.3, -0.25) is 0 Å². The number of nitrogens with zero attached hydrogens (tertiary/aromatic N) is 1. The zero-order chi connectivity index (χ0) is 14.9. The highest BCUT2D eigenvalue weighted by molar-refractivity contribution is 7.91. The van der Waals surface area contributed by atoms with E-state index in [1.54, 1.807) is 17.4 Å². The summed E-state index contributed by atoms with van der Waals surface area (Å²) >= 11 is 2.83. The lowest BCUT2D eigenvalue weighted by Crippen LogP contribution is -2.36. The Kier molecular flexibility index (Phi) is 4.41. The lowest BCUT2D eigenvalue weighted by atomic mass is 10.2. The minimum atomic E-state index is -3.42. The van der Waals surface area contributed by atoms with Gasteiger partial charge < -0.3 is 5.32 Å². The fourth-order valence-electron chi connectivity index (χ4n) is 2.29. The molecule has 0 saturated carbocycles. The molecule has 1 atom stereocenters. The van der Waals surface area contributed by atoms with Gasteiger partial charge in [0.15, 0.2) is 0 Å². The molecule has 1 saturated heterocycles. The first-order chi connectivity index (χ1) is 10.0. The van der Waals surface area contributed by atoms with Crippen molar-refractivity contribution < 1.29 is 8.42 Å². The lowest BCUT2D eigenvalue weighted by molar-refractivity contribution is 0.553. The summed E-state index contributed by atoms with van der Waals surface area (Å²) in [6, 6.07) is 3.72. The smallest absolute Gasteiger partial charge is 0.250 e. The first-order valence-electron chi connectivity index (χ1n) is 6.80. The Balaban J connectivity index is 1.72. The van der Waals surface area contributed by atoms with Crippen molar-refractivity contribution in [3.05, 3.63) is 22.5 Å². The van der Waals surface area contributed by atoms with Crippen LogP contribution in [0.1, 0.15) is 17.8 Å². The molecule has 3 rings (SSSR count). The van der Waals surface area contributed by atoms with Crippen molar-refractivity contribution in [3.63, 3.8) is 0 Å². The van der Waals surface area contributed by atoms with Gasteiger partial charge in [-0.05, 0) is 38.4 Å². The number of rotatable bonds is 5. The molecule has 2 N–H and O–H groups in total. The predicted molar refractivity (Wildman–Crippen MR) is 86.4 cm³/mol. The third-order valence-corrected chi connectivity index (χ3v) is 7.20. The second-order valence-corrected chi connectivity index (χ2v) is 9.16. The number of hydrogen-bond acceptors (Lipinski definition) is 6. The first kappa shape index (κ1) is 15.1. The fourth-order valence-corrected chi connectivity index (χ4v) is 5.37. The van der Waals surface area contributed by atoms with Crippen molar-refractivity contribution in [1.29, 1.82) is 0 Å². The molecule has 2 aromatic heterocycles. The first-order valence-corrected chi connectivity index (χ1v) is 9.98. The normalized spacial score (nSPS) is 19.2. The van der Waals surface area contributed by atoms with Crippen LogP contribution in [0, 0.1) is 6.92 Å². The molecule has 1 fully saturated rings. The second-order valence-electron chi connectivity index (χ2n) is 5.02. The largest absolute Gasteiger partial charge is 0.313 e. The maximum atomic E-state index is 12.3. The molecule has 1 unspecified atom stereocenters. The summed E-state index contributed by atoms with van der Waals surface area (Å²) < 4.78 is 27.6. The van der Waals surface area contributed by atoms with E-state index < -0.39 is 10.0 Å². The summed E-state index contributed by atoms with van der Waals surface area (Å²) in [7, 11) is -3.42. The molecule has 21 heavy (non-hydrogen) atoms. The highest BCUT2D eigenvalue weighted by Gasteiger charge is 2.21. The summed E-state index contributed by atoms with van der Waals surface area (Å²) in [5, 5.41) is 6.21. The number of aromatic nitrogens is 1. The SMILES string of the molecule is Cc1nc(-c2ccc(S(=O)(=O)NCC3CCCN3)s2)cs1. The van der Waals surface area contributed by atoms with Crippen LogP contribution in [0.25, 0.3) is 10.6 Å². The maximum Gasteiger partial charge on any atom is 0.250 e. The van der Waals surface area contributed by atoms with E-state index in [4.69, 9.17) is 0 Å². The van der Waals surface area contributed by atoms with Crippen LogP contribution in [0.2, 0.25) is 0 Å². The van der Waals surface area contributed by atoms with Crippen molar-refractivity contribution in [2.24, 2.45) is 0 Å². The Bertz CT molecular complexity index is 715. The van der Waals surface area contributed by atoms with Crippen LogP contribution in [0.5, 0.6) is 0 Å². The van der Waals surface area contributed by atoms with Gasteiger partial charge in [-0.25, -0.2) is 18.1 Å². The van der Waals surface area contributed by atoms with Crippen LogP contribution in [-0.4, -0.2) is 32.5 Å². The number of thiophene rings is 1. The van der Waals surface area contributed by atoms with Gasteiger partial charge >= 0.3 is 0 Å². The third kappa shape index (κ3) is 3.51. The van der Waals surface area contributed by atoms with Crippen molar-refractivity contribution >= 4 is 32.7 Å². The van der Waals surface area contributed by atoms with Crippen molar-refractivity contribution in [1.82, 2.24) is 15.0 Å². The standard InChI is InChI=1S/C13H17N3O2S3/c1-9-16-11(8-19-9)12-4-5-13(20-12)21(17,18)15-7-10-3-2-6-14-10/h4-5,8,10,14-15H,2-3,6-7H2,1H3. The summed E-state index contributed by atoms with van der Waals surface area (Å²) in [5.41, 5.74) is 0.849. The number of aryl methyl sites for hydroxylation is 1. The summed E-state index contributed by atoms with van der Waals surface area (Å²) in [4.78, 5) is 5.28. The molecule has 1 aliphatic heterocycles. The molecule has 2 aromatic rings. The quantitative estimate of drug-likeness (QED) is 0.873. The second kappa shape index (κ2) is 6.13. The molecular weight excluding hydrogens is 326 g/mol. The molecule has 5 nitrogen and oxygen atoms in total. The Labute approximate surface area is 132 Å². The highest BCUT2D eigenvalue weighted by Crippen LogP contribution is 2.31. The van der Waals surface area contributed by atoms with Gasteiger partial charge in [-0.2, -0.15) is 0 Å². The van der Waals surface area contributed by atoms with Crippen LogP contribution in [0.4, 0.5) is 0 Å². The van der Waals surface area contributed by atoms with Crippen LogP contribution in [0.15, 0.2) is 21.7 Å². The van der Waals surface area contributed by atoms with Gasteiger partial charge in [0.05, 0.1) is 15.6 Å². The molecular formula is C13H17N3O2S3. The van der Waals surface area contributed by atoms with E-state index in [1.807, 2.05) is 18.4 Å². The molecule has 0 aromatic carbocycles. The molecule has 1 aliphatic rings. The van der Waals surface area contributed by atoms with Gasteiger partial charge in [0.2, 0.25) is 10.0 Å². The molecule has 0 aliphatic carbocycles. The maximum absolute atomic E-state index is 12.3.